The average Bonchev–Trinajstić information content (AvgIpc) is 2.50. The number of hydrogen-bond acceptors (Lipinski definition) is 2. The molecule has 0 aliphatic rings. The van der Waals surface area contributed by atoms with Gasteiger partial charge in [-0.1, -0.05) is 72.8 Å². The molecule has 0 aromatic heterocycles. The Labute approximate surface area is 155 Å². The molecule has 0 bridgehead atoms. The maximum absolute atomic E-state index is 12.5. The first kappa shape index (κ1) is 21.7. The second-order valence-electron chi connectivity index (χ2n) is 8.73. The van der Waals surface area contributed by atoms with Gasteiger partial charge in [-0.25, -0.2) is 0 Å². The molecule has 0 saturated heterocycles. The Balaban J connectivity index is 2.63. The molecule has 0 saturated carbocycles. The van der Waals surface area contributed by atoms with Crippen molar-refractivity contribution >= 4 is 5.78 Å². The van der Waals surface area contributed by atoms with Crippen LogP contribution < -0.4 is 0 Å². The van der Waals surface area contributed by atoms with Gasteiger partial charge in [-0.15, -0.1) is 0 Å². The average molecular weight is 347 g/mol. The fraction of sp³-hybridized carbons (Fsp3) is 0.696. The highest BCUT2D eigenvalue weighted by molar-refractivity contribution is 5.98. The minimum atomic E-state index is 0.0801. The van der Waals surface area contributed by atoms with Crippen LogP contribution in [0.2, 0.25) is 0 Å². The summed E-state index contributed by atoms with van der Waals surface area (Å²) in [6, 6.07) is 5.56. The van der Waals surface area contributed by atoms with E-state index in [1.807, 2.05) is 12.1 Å². The lowest BCUT2D eigenvalue weighted by atomic mass is 9.78. The lowest BCUT2D eigenvalue weighted by Gasteiger charge is -2.27. The van der Waals surface area contributed by atoms with Crippen molar-refractivity contribution in [2.24, 2.45) is 11.3 Å². The van der Waals surface area contributed by atoms with Gasteiger partial charge in [0.1, 0.15) is 5.75 Å². The van der Waals surface area contributed by atoms with Crippen molar-refractivity contribution < 1.29 is 9.90 Å². The fourth-order valence-corrected chi connectivity index (χ4v) is 3.85. The van der Waals surface area contributed by atoms with Crippen LogP contribution in [0.4, 0.5) is 0 Å². The number of ketones is 1. The Kier molecular flexibility index (Phi) is 9.24. The normalized spacial score (nSPS) is 11.9. The van der Waals surface area contributed by atoms with Gasteiger partial charge in [-0.3, -0.25) is 4.79 Å². The van der Waals surface area contributed by atoms with Crippen LogP contribution in [0.15, 0.2) is 18.2 Å². The first-order valence-electron chi connectivity index (χ1n) is 10.1. The van der Waals surface area contributed by atoms with Gasteiger partial charge in [0.2, 0.25) is 0 Å². The van der Waals surface area contributed by atoms with Gasteiger partial charge in [0.25, 0.3) is 0 Å². The molecule has 1 aromatic rings. The number of Topliss-reactive ketones (excluding diaryl/α,β-unsaturated/α-hetero) is 1. The van der Waals surface area contributed by atoms with Gasteiger partial charge in [0.05, 0.1) is 5.56 Å². The molecule has 0 spiro atoms. The Morgan fingerprint density at radius 3 is 2.36 bits per heavy atom. The Hall–Kier alpha value is -1.31. The van der Waals surface area contributed by atoms with Crippen molar-refractivity contribution in [1.82, 2.24) is 0 Å². The molecule has 1 aromatic carbocycles. The van der Waals surface area contributed by atoms with Crippen molar-refractivity contribution in [3.8, 4) is 5.75 Å². The van der Waals surface area contributed by atoms with Crippen molar-refractivity contribution in [1.29, 1.82) is 0 Å². The Bertz CT molecular complexity index is 529. The summed E-state index contributed by atoms with van der Waals surface area (Å²) in [6.45, 7) is 11.2. The molecule has 142 valence electrons. The van der Waals surface area contributed by atoms with Gasteiger partial charge in [0.15, 0.2) is 5.78 Å². The van der Waals surface area contributed by atoms with E-state index < -0.39 is 0 Å². The zero-order valence-electron chi connectivity index (χ0n) is 17.0. The quantitative estimate of drug-likeness (QED) is 0.329. The van der Waals surface area contributed by atoms with Crippen molar-refractivity contribution in [3.05, 3.63) is 29.3 Å². The topological polar surface area (TPSA) is 37.3 Å². The maximum Gasteiger partial charge on any atom is 0.166 e. The van der Waals surface area contributed by atoms with Crippen molar-refractivity contribution in [2.75, 3.05) is 0 Å². The zero-order valence-corrected chi connectivity index (χ0v) is 17.0. The van der Waals surface area contributed by atoms with E-state index in [4.69, 9.17) is 0 Å². The summed E-state index contributed by atoms with van der Waals surface area (Å²) < 4.78 is 0. The van der Waals surface area contributed by atoms with E-state index >= 15 is 0 Å². The van der Waals surface area contributed by atoms with E-state index in [0.29, 0.717) is 17.9 Å². The summed E-state index contributed by atoms with van der Waals surface area (Å²) >= 11 is 0. The lowest BCUT2D eigenvalue weighted by Crippen LogP contribution is -2.18. The molecule has 1 rings (SSSR count). The molecule has 0 radical (unpaired) electrons. The van der Waals surface area contributed by atoms with Gasteiger partial charge >= 0.3 is 0 Å². The van der Waals surface area contributed by atoms with Crippen LogP contribution in [0.1, 0.15) is 102 Å². The molecule has 1 N–H and O–H groups in total. The molecule has 0 unspecified atom stereocenters. The SMILES string of the molecule is CCCCCCCCC(=O)c1cc(CC(C)(C)CC(C)C)ccc1O. The van der Waals surface area contributed by atoms with E-state index in [-0.39, 0.29) is 16.9 Å². The van der Waals surface area contributed by atoms with Crippen molar-refractivity contribution in [3.63, 3.8) is 0 Å². The molecule has 0 aliphatic carbocycles. The smallest absolute Gasteiger partial charge is 0.166 e. The van der Waals surface area contributed by atoms with Crippen LogP contribution >= 0.6 is 0 Å². The Morgan fingerprint density at radius 1 is 1.08 bits per heavy atom. The number of carbonyl (C=O) groups is 1. The third kappa shape index (κ3) is 8.56. The minimum absolute atomic E-state index is 0.0801. The standard InChI is InChI=1S/C23H38O2/c1-6-7-8-9-10-11-12-21(24)20-15-19(13-14-22(20)25)17-23(4,5)16-18(2)3/h13-15,18,25H,6-12,16-17H2,1-5H3. The number of phenols is 1. The van der Waals surface area contributed by atoms with E-state index in [2.05, 4.69) is 34.6 Å². The van der Waals surface area contributed by atoms with Gasteiger partial charge in [-0.2, -0.15) is 0 Å². The number of unbranched alkanes of at least 4 members (excludes halogenated alkanes) is 5. The highest BCUT2D eigenvalue weighted by Crippen LogP contribution is 2.31. The molecule has 0 amide bonds. The van der Waals surface area contributed by atoms with Crippen LogP contribution in [-0.2, 0) is 6.42 Å². The molecule has 2 nitrogen and oxygen atoms in total. The molecule has 0 fully saturated rings. The molecule has 0 atom stereocenters. The Morgan fingerprint density at radius 2 is 1.72 bits per heavy atom. The van der Waals surface area contributed by atoms with Crippen LogP contribution in [0.25, 0.3) is 0 Å². The number of benzene rings is 1. The third-order valence-corrected chi connectivity index (χ3v) is 4.76. The highest BCUT2D eigenvalue weighted by Gasteiger charge is 2.21. The lowest BCUT2D eigenvalue weighted by molar-refractivity contribution is 0.0976. The van der Waals surface area contributed by atoms with E-state index in [1.54, 1.807) is 6.07 Å². The number of carbonyl (C=O) groups excluding carboxylic acids is 1. The summed E-state index contributed by atoms with van der Waals surface area (Å²) in [5, 5.41) is 10.1. The van der Waals surface area contributed by atoms with E-state index in [0.717, 1.165) is 31.2 Å². The molecule has 2 heteroatoms. The first-order chi connectivity index (χ1) is 11.7. The monoisotopic (exact) mass is 346 g/mol. The van der Waals surface area contributed by atoms with Crippen LogP contribution in [0, 0.1) is 11.3 Å². The summed E-state index contributed by atoms with van der Waals surface area (Å²) in [6.07, 6.45) is 9.64. The van der Waals surface area contributed by atoms with Gasteiger partial charge in [0, 0.05) is 6.42 Å². The molecule has 25 heavy (non-hydrogen) atoms. The van der Waals surface area contributed by atoms with Crippen LogP contribution in [0.5, 0.6) is 5.75 Å². The summed E-state index contributed by atoms with van der Waals surface area (Å²) in [4.78, 5) is 12.5. The van der Waals surface area contributed by atoms with Crippen LogP contribution in [-0.4, -0.2) is 10.9 Å². The predicted molar refractivity (Wildman–Crippen MR) is 107 cm³/mol. The van der Waals surface area contributed by atoms with E-state index in [9.17, 15) is 9.90 Å². The van der Waals surface area contributed by atoms with Crippen molar-refractivity contribution in [2.45, 2.75) is 92.4 Å². The number of rotatable bonds is 12. The summed E-state index contributed by atoms with van der Waals surface area (Å²) in [7, 11) is 0. The van der Waals surface area contributed by atoms with Crippen LogP contribution in [0.3, 0.4) is 0 Å². The molecule has 0 aliphatic heterocycles. The summed E-state index contributed by atoms with van der Waals surface area (Å²) in [5.41, 5.74) is 1.85. The number of phenolic OH excluding ortho intramolecular Hbond substituents is 1. The van der Waals surface area contributed by atoms with E-state index in [1.165, 1.54) is 25.7 Å². The molecular formula is C23H38O2. The minimum Gasteiger partial charge on any atom is -0.507 e. The highest BCUT2D eigenvalue weighted by atomic mass is 16.3. The van der Waals surface area contributed by atoms with Gasteiger partial charge in [-0.05, 0) is 48.3 Å². The molecular weight excluding hydrogens is 308 g/mol. The largest absolute Gasteiger partial charge is 0.507 e. The number of aromatic hydroxyl groups is 1. The maximum atomic E-state index is 12.5. The van der Waals surface area contributed by atoms with Gasteiger partial charge < -0.3 is 5.11 Å². The zero-order chi connectivity index (χ0) is 18.9. The second kappa shape index (κ2) is 10.6. The fourth-order valence-electron chi connectivity index (χ4n) is 3.85. The number of hydrogen-bond donors (Lipinski definition) is 1. The predicted octanol–water partition coefficient (Wildman–Crippen LogP) is 6.94. The first-order valence-corrected chi connectivity index (χ1v) is 10.1. The molecule has 0 heterocycles. The third-order valence-electron chi connectivity index (χ3n) is 4.76. The second-order valence-corrected chi connectivity index (χ2v) is 8.73. The summed E-state index contributed by atoms with van der Waals surface area (Å²) in [5.74, 6) is 0.860.